The molecule has 2 heterocycles. The van der Waals surface area contributed by atoms with Gasteiger partial charge < -0.3 is 5.32 Å². The molecular weight excluding hydrogens is 256 g/mol. The number of benzene rings is 1. The summed E-state index contributed by atoms with van der Waals surface area (Å²) in [6.07, 6.45) is 1.89. The lowest BCUT2D eigenvalue weighted by Gasteiger charge is -2.16. The molecule has 0 radical (unpaired) electrons. The Kier molecular flexibility index (Phi) is 1.99. The van der Waals surface area contributed by atoms with Gasteiger partial charge in [-0.15, -0.1) is 0 Å². The van der Waals surface area contributed by atoms with Gasteiger partial charge in [-0.05, 0) is 36.1 Å². The summed E-state index contributed by atoms with van der Waals surface area (Å²) in [6, 6.07) is 4.30. The third-order valence-electron chi connectivity index (χ3n) is 3.02. The number of hydrogen-bond donors (Lipinski definition) is 1. The summed E-state index contributed by atoms with van der Waals surface area (Å²) in [7, 11) is 0. The number of anilines is 1. The maximum Gasteiger partial charge on any atom is 0.321 e. The fourth-order valence-electron chi connectivity index (χ4n) is 2.39. The molecule has 1 aromatic carbocycles. The first kappa shape index (κ1) is 9.21. The number of halogens is 1. The maximum atomic E-state index is 11.7. The van der Waals surface area contributed by atoms with Gasteiger partial charge in [0.15, 0.2) is 0 Å². The van der Waals surface area contributed by atoms with E-state index in [4.69, 9.17) is 0 Å². The lowest BCUT2D eigenvalue weighted by molar-refractivity contribution is 0.247. The SMILES string of the molecule is O=C1NCCc2cc(Br)cc3c2N1CC3. The summed E-state index contributed by atoms with van der Waals surface area (Å²) >= 11 is 3.52. The van der Waals surface area contributed by atoms with Crippen LogP contribution in [0, 0.1) is 0 Å². The first-order valence-electron chi connectivity index (χ1n) is 5.12. The van der Waals surface area contributed by atoms with Crippen LogP contribution in [0.2, 0.25) is 0 Å². The minimum absolute atomic E-state index is 0.0508. The van der Waals surface area contributed by atoms with E-state index in [1.807, 2.05) is 4.90 Å². The van der Waals surface area contributed by atoms with Crippen LogP contribution in [-0.4, -0.2) is 19.1 Å². The molecular formula is C11H11BrN2O. The molecule has 0 bridgehead atoms. The standard InChI is InChI=1S/C11H11BrN2O/c12-9-5-7-1-3-13-11(15)14-4-2-8(6-9)10(7)14/h5-6H,1-4H2,(H,13,15). The molecule has 3 rings (SSSR count). The second-order valence-electron chi connectivity index (χ2n) is 3.96. The van der Waals surface area contributed by atoms with Gasteiger partial charge in [-0.25, -0.2) is 4.79 Å². The van der Waals surface area contributed by atoms with Crippen LogP contribution in [0.5, 0.6) is 0 Å². The number of nitrogens with zero attached hydrogens (tertiary/aromatic N) is 1. The van der Waals surface area contributed by atoms with Crippen molar-refractivity contribution in [3.8, 4) is 0 Å². The Bertz CT molecular complexity index is 444. The van der Waals surface area contributed by atoms with Gasteiger partial charge in [0.05, 0.1) is 5.69 Å². The van der Waals surface area contributed by atoms with Gasteiger partial charge in [-0.3, -0.25) is 4.90 Å². The molecule has 15 heavy (non-hydrogen) atoms. The Hall–Kier alpha value is -1.03. The van der Waals surface area contributed by atoms with E-state index in [9.17, 15) is 4.79 Å². The van der Waals surface area contributed by atoms with Crippen LogP contribution in [0.3, 0.4) is 0 Å². The molecule has 0 fully saturated rings. The first-order valence-corrected chi connectivity index (χ1v) is 5.91. The summed E-state index contributed by atoms with van der Waals surface area (Å²) in [6.45, 7) is 1.54. The highest BCUT2D eigenvalue weighted by Gasteiger charge is 2.29. The molecule has 78 valence electrons. The number of amides is 2. The molecule has 0 spiro atoms. The normalized spacial score (nSPS) is 18.5. The van der Waals surface area contributed by atoms with Crippen molar-refractivity contribution in [2.24, 2.45) is 0 Å². The second kappa shape index (κ2) is 3.23. The van der Waals surface area contributed by atoms with E-state index in [1.54, 1.807) is 0 Å². The van der Waals surface area contributed by atoms with Crippen molar-refractivity contribution in [3.05, 3.63) is 27.7 Å². The minimum atomic E-state index is 0.0508. The van der Waals surface area contributed by atoms with Crippen LogP contribution in [0.4, 0.5) is 10.5 Å². The predicted molar refractivity (Wildman–Crippen MR) is 62.3 cm³/mol. The highest BCUT2D eigenvalue weighted by molar-refractivity contribution is 9.10. The molecule has 2 aliphatic rings. The Morgan fingerprint density at radius 2 is 2.00 bits per heavy atom. The third-order valence-corrected chi connectivity index (χ3v) is 3.48. The fourth-order valence-corrected chi connectivity index (χ4v) is 2.94. The van der Waals surface area contributed by atoms with Gasteiger partial charge in [0.1, 0.15) is 0 Å². The minimum Gasteiger partial charge on any atom is -0.337 e. The largest absolute Gasteiger partial charge is 0.337 e. The highest BCUT2D eigenvalue weighted by atomic mass is 79.9. The van der Waals surface area contributed by atoms with Crippen LogP contribution >= 0.6 is 15.9 Å². The van der Waals surface area contributed by atoms with Crippen molar-refractivity contribution < 1.29 is 4.79 Å². The predicted octanol–water partition coefficient (Wildman–Crippen LogP) is 2.08. The zero-order valence-electron chi connectivity index (χ0n) is 8.22. The van der Waals surface area contributed by atoms with Crippen molar-refractivity contribution in [1.82, 2.24) is 5.32 Å². The molecule has 0 saturated heterocycles. The van der Waals surface area contributed by atoms with Crippen molar-refractivity contribution >= 4 is 27.6 Å². The van der Waals surface area contributed by atoms with Crippen LogP contribution in [0.1, 0.15) is 11.1 Å². The Balaban J connectivity index is 2.21. The van der Waals surface area contributed by atoms with Crippen molar-refractivity contribution in [1.29, 1.82) is 0 Å². The first-order chi connectivity index (χ1) is 7.25. The fraction of sp³-hybridized carbons (Fsp3) is 0.364. The van der Waals surface area contributed by atoms with E-state index < -0.39 is 0 Å². The molecule has 2 aliphatic heterocycles. The van der Waals surface area contributed by atoms with E-state index in [0.717, 1.165) is 36.1 Å². The summed E-state index contributed by atoms with van der Waals surface area (Å²) in [5, 5.41) is 2.92. The smallest absolute Gasteiger partial charge is 0.321 e. The second-order valence-corrected chi connectivity index (χ2v) is 4.87. The highest BCUT2D eigenvalue weighted by Crippen LogP contribution is 2.35. The van der Waals surface area contributed by atoms with E-state index in [0.29, 0.717) is 0 Å². The zero-order valence-corrected chi connectivity index (χ0v) is 9.80. The monoisotopic (exact) mass is 266 g/mol. The van der Waals surface area contributed by atoms with E-state index in [-0.39, 0.29) is 6.03 Å². The number of rotatable bonds is 0. The molecule has 1 aromatic rings. The van der Waals surface area contributed by atoms with Crippen LogP contribution in [0.25, 0.3) is 0 Å². The molecule has 4 heteroatoms. The maximum absolute atomic E-state index is 11.7. The lowest BCUT2D eigenvalue weighted by atomic mass is 10.1. The molecule has 0 unspecified atom stereocenters. The number of carbonyl (C=O) groups is 1. The van der Waals surface area contributed by atoms with E-state index in [1.165, 1.54) is 11.1 Å². The molecule has 1 N–H and O–H groups in total. The van der Waals surface area contributed by atoms with E-state index in [2.05, 4.69) is 33.4 Å². The number of urea groups is 1. The molecule has 0 saturated carbocycles. The Morgan fingerprint density at radius 1 is 1.27 bits per heavy atom. The van der Waals surface area contributed by atoms with Crippen LogP contribution in [-0.2, 0) is 12.8 Å². The quantitative estimate of drug-likeness (QED) is 0.766. The van der Waals surface area contributed by atoms with Crippen molar-refractivity contribution in [2.75, 3.05) is 18.0 Å². The molecule has 0 atom stereocenters. The Morgan fingerprint density at radius 3 is 2.80 bits per heavy atom. The number of carbonyl (C=O) groups excluding carboxylic acids is 1. The summed E-state index contributed by atoms with van der Waals surface area (Å²) < 4.78 is 1.12. The van der Waals surface area contributed by atoms with E-state index >= 15 is 0 Å². The molecule has 3 nitrogen and oxygen atoms in total. The topological polar surface area (TPSA) is 32.3 Å². The van der Waals surface area contributed by atoms with Gasteiger partial charge in [0.25, 0.3) is 0 Å². The lowest BCUT2D eigenvalue weighted by Crippen LogP contribution is -2.37. The zero-order chi connectivity index (χ0) is 10.4. The van der Waals surface area contributed by atoms with Gasteiger partial charge in [0, 0.05) is 17.6 Å². The average Bonchev–Trinajstić information content (AvgIpc) is 2.53. The number of nitrogens with one attached hydrogen (secondary N) is 1. The summed E-state index contributed by atoms with van der Waals surface area (Å²) in [4.78, 5) is 13.6. The molecule has 0 aromatic heterocycles. The Labute approximate surface area is 96.6 Å². The summed E-state index contributed by atoms with van der Waals surface area (Å²) in [5.41, 5.74) is 3.71. The van der Waals surface area contributed by atoms with Gasteiger partial charge in [0.2, 0.25) is 0 Å². The number of hydrogen-bond acceptors (Lipinski definition) is 1. The van der Waals surface area contributed by atoms with Gasteiger partial charge in [-0.1, -0.05) is 15.9 Å². The van der Waals surface area contributed by atoms with Crippen molar-refractivity contribution in [2.45, 2.75) is 12.8 Å². The molecule has 0 aliphatic carbocycles. The van der Waals surface area contributed by atoms with Crippen molar-refractivity contribution in [3.63, 3.8) is 0 Å². The molecule has 2 amide bonds. The average molecular weight is 267 g/mol. The van der Waals surface area contributed by atoms with Crippen LogP contribution < -0.4 is 10.2 Å². The van der Waals surface area contributed by atoms with Crippen LogP contribution in [0.15, 0.2) is 16.6 Å². The van der Waals surface area contributed by atoms with Gasteiger partial charge in [-0.2, -0.15) is 0 Å². The van der Waals surface area contributed by atoms with Gasteiger partial charge >= 0.3 is 6.03 Å². The third kappa shape index (κ3) is 1.35. The summed E-state index contributed by atoms with van der Waals surface area (Å²) in [5.74, 6) is 0.